The molecule has 0 bridgehead atoms. The van der Waals surface area contributed by atoms with Crippen LogP contribution >= 0.6 is 0 Å². The van der Waals surface area contributed by atoms with Gasteiger partial charge in [0, 0.05) is 24.7 Å². The van der Waals surface area contributed by atoms with Crippen LogP contribution < -0.4 is 0 Å². The van der Waals surface area contributed by atoms with E-state index in [-0.39, 0.29) is 30.0 Å². The molecule has 0 aliphatic carbocycles. The first-order chi connectivity index (χ1) is 9.47. The van der Waals surface area contributed by atoms with Crippen LogP contribution in [-0.4, -0.2) is 52.0 Å². The summed E-state index contributed by atoms with van der Waals surface area (Å²) in [5.41, 5.74) is 0.750. The van der Waals surface area contributed by atoms with Crippen molar-refractivity contribution < 1.29 is 24.9 Å². The van der Waals surface area contributed by atoms with Gasteiger partial charge >= 0.3 is 5.97 Å². The number of hydrogen-bond donors (Lipinski definition) is 3. The van der Waals surface area contributed by atoms with E-state index in [0.717, 1.165) is 5.56 Å². The number of morpholine rings is 1. The molecule has 1 saturated heterocycles. The molecule has 2 atom stereocenters. The molecule has 0 aromatic heterocycles. The molecular weight excluding hydrogens is 262 g/mol. The molecule has 0 saturated carbocycles. The van der Waals surface area contributed by atoms with E-state index >= 15 is 0 Å². The van der Waals surface area contributed by atoms with Gasteiger partial charge < -0.3 is 20.1 Å². The maximum Gasteiger partial charge on any atom is 0.305 e. The Morgan fingerprint density at radius 3 is 2.65 bits per heavy atom. The van der Waals surface area contributed by atoms with Gasteiger partial charge in [0.2, 0.25) is 0 Å². The van der Waals surface area contributed by atoms with E-state index in [1.807, 2.05) is 11.8 Å². The normalized spacial score (nSPS) is 21.6. The summed E-state index contributed by atoms with van der Waals surface area (Å²) in [6.45, 7) is 3.47. The van der Waals surface area contributed by atoms with Crippen LogP contribution in [0.1, 0.15) is 24.9 Å². The summed E-state index contributed by atoms with van der Waals surface area (Å²) in [6.07, 6.45) is 0.00907. The van der Waals surface area contributed by atoms with Crippen molar-refractivity contribution in [2.45, 2.75) is 25.4 Å². The number of carboxylic acids is 1. The average molecular weight is 281 g/mol. The van der Waals surface area contributed by atoms with Gasteiger partial charge in [-0.15, -0.1) is 0 Å². The van der Waals surface area contributed by atoms with Crippen LogP contribution in [0.4, 0.5) is 0 Å². The van der Waals surface area contributed by atoms with E-state index in [2.05, 4.69) is 0 Å². The van der Waals surface area contributed by atoms with Crippen molar-refractivity contribution >= 4 is 5.97 Å². The number of nitrogens with zero attached hydrogens (tertiary/aromatic N) is 1. The maximum atomic E-state index is 10.9. The number of rotatable bonds is 4. The number of carboxylic acid groups (broad SMARTS) is 1. The Bertz CT molecular complexity index is 470. The van der Waals surface area contributed by atoms with Gasteiger partial charge in [0.1, 0.15) is 11.5 Å². The Balaban J connectivity index is 2.20. The Labute approximate surface area is 117 Å². The highest BCUT2D eigenvalue weighted by Gasteiger charge is 2.29. The van der Waals surface area contributed by atoms with E-state index < -0.39 is 5.97 Å². The summed E-state index contributed by atoms with van der Waals surface area (Å²) in [6, 6.07) is 4.11. The fourth-order valence-electron chi connectivity index (χ4n) is 2.61. The molecule has 0 spiro atoms. The minimum Gasteiger partial charge on any atom is -0.508 e. The topological polar surface area (TPSA) is 90.2 Å². The molecule has 1 heterocycles. The van der Waals surface area contributed by atoms with Gasteiger partial charge in [0.25, 0.3) is 0 Å². The summed E-state index contributed by atoms with van der Waals surface area (Å²) in [7, 11) is 0. The summed E-state index contributed by atoms with van der Waals surface area (Å²) >= 11 is 0. The summed E-state index contributed by atoms with van der Waals surface area (Å²) < 4.78 is 5.34. The number of phenolic OH excluding ortho intramolecular Hbond substituents is 2. The van der Waals surface area contributed by atoms with Gasteiger partial charge in [0.15, 0.2) is 0 Å². The van der Waals surface area contributed by atoms with Crippen molar-refractivity contribution in [2.24, 2.45) is 0 Å². The minimum absolute atomic E-state index is 0.00473. The number of hydrogen-bond acceptors (Lipinski definition) is 5. The van der Waals surface area contributed by atoms with Crippen LogP contribution in [0.15, 0.2) is 18.2 Å². The van der Waals surface area contributed by atoms with Gasteiger partial charge in [0.05, 0.1) is 19.6 Å². The van der Waals surface area contributed by atoms with Gasteiger partial charge in [-0.3, -0.25) is 9.69 Å². The lowest BCUT2D eigenvalue weighted by Gasteiger charge is -2.39. The molecule has 1 aliphatic rings. The first-order valence-corrected chi connectivity index (χ1v) is 6.55. The summed E-state index contributed by atoms with van der Waals surface area (Å²) in [5, 5.41) is 28.1. The molecule has 1 aromatic rings. The number of benzene rings is 1. The zero-order chi connectivity index (χ0) is 14.7. The van der Waals surface area contributed by atoms with Crippen molar-refractivity contribution in [2.75, 3.05) is 19.8 Å². The van der Waals surface area contributed by atoms with Crippen LogP contribution in [0.3, 0.4) is 0 Å². The van der Waals surface area contributed by atoms with Gasteiger partial charge in [-0.05, 0) is 24.6 Å². The molecule has 2 rings (SSSR count). The SMILES string of the molecule is CC(c1cc(O)cc(O)c1)N1CCOCC1CC(=O)O. The van der Waals surface area contributed by atoms with Crippen molar-refractivity contribution in [3.8, 4) is 11.5 Å². The fourth-order valence-corrected chi connectivity index (χ4v) is 2.61. The lowest BCUT2D eigenvalue weighted by Crippen LogP contribution is -2.47. The molecular formula is C14H19NO5. The molecule has 6 nitrogen and oxygen atoms in total. The maximum absolute atomic E-state index is 10.9. The van der Waals surface area contributed by atoms with E-state index in [9.17, 15) is 15.0 Å². The highest BCUT2D eigenvalue weighted by Crippen LogP contribution is 2.30. The summed E-state index contributed by atoms with van der Waals surface area (Å²) in [4.78, 5) is 13.0. The lowest BCUT2D eigenvalue weighted by molar-refractivity contribution is -0.140. The zero-order valence-electron chi connectivity index (χ0n) is 11.3. The molecule has 20 heavy (non-hydrogen) atoms. The van der Waals surface area contributed by atoms with Crippen LogP contribution in [-0.2, 0) is 9.53 Å². The Morgan fingerprint density at radius 1 is 1.40 bits per heavy atom. The number of aromatic hydroxyl groups is 2. The van der Waals surface area contributed by atoms with E-state index in [4.69, 9.17) is 9.84 Å². The predicted octanol–water partition coefficient (Wildman–Crippen LogP) is 1.33. The van der Waals surface area contributed by atoms with Crippen molar-refractivity contribution in [1.82, 2.24) is 4.90 Å². The molecule has 1 aliphatic heterocycles. The Kier molecular flexibility index (Phi) is 4.46. The third-order valence-corrected chi connectivity index (χ3v) is 3.59. The van der Waals surface area contributed by atoms with Gasteiger partial charge in [-0.25, -0.2) is 0 Å². The minimum atomic E-state index is -0.864. The number of aliphatic carboxylic acids is 1. The van der Waals surface area contributed by atoms with Crippen LogP contribution in [0.2, 0.25) is 0 Å². The Hall–Kier alpha value is -1.79. The second-order valence-electron chi connectivity index (χ2n) is 5.02. The first kappa shape index (κ1) is 14.6. The summed E-state index contributed by atoms with van der Waals surface area (Å²) in [5.74, 6) is -0.874. The smallest absolute Gasteiger partial charge is 0.305 e. The monoisotopic (exact) mass is 281 g/mol. The number of ether oxygens (including phenoxy) is 1. The van der Waals surface area contributed by atoms with Crippen LogP contribution in [0.5, 0.6) is 11.5 Å². The standard InChI is InChI=1S/C14H19NO5/c1-9(10-4-12(16)7-13(17)5-10)15-2-3-20-8-11(15)6-14(18)19/h4-5,7,9,11,16-17H,2-3,6,8H2,1H3,(H,18,19). The number of phenols is 2. The highest BCUT2D eigenvalue weighted by molar-refractivity contribution is 5.67. The first-order valence-electron chi connectivity index (χ1n) is 6.55. The average Bonchev–Trinajstić information content (AvgIpc) is 2.36. The fraction of sp³-hybridized carbons (Fsp3) is 0.500. The quantitative estimate of drug-likeness (QED) is 0.771. The molecule has 0 radical (unpaired) electrons. The van der Waals surface area contributed by atoms with E-state index in [0.29, 0.717) is 19.8 Å². The Morgan fingerprint density at radius 2 is 2.05 bits per heavy atom. The van der Waals surface area contributed by atoms with Crippen molar-refractivity contribution in [3.05, 3.63) is 23.8 Å². The largest absolute Gasteiger partial charge is 0.508 e. The molecule has 1 aromatic carbocycles. The van der Waals surface area contributed by atoms with Gasteiger partial charge in [-0.1, -0.05) is 0 Å². The molecule has 6 heteroatoms. The van der Waals surface area contributed by atoms with E-state index in [1.165, 1.54) is 6.07 Å². The van der Waals surface area contributed by atoms with Crippen LogP contribution in [0.25, 0.3) is 0 Å². The van der Waals surface area contributed by atoms with Crippen molar-refractivity contribution in [1.29, 1.82) is 0 Å². The molecule has 110 valence electrons. The zero-order valence-corrected chi connectivity index (χ0v) is 11.3. The van der Waals surface area contributed by atoms with Crippen LogP contribution in [0, 0.1) is 0 Å². The molecule has 1 fully saturated rings. The third-order valence-electron chi connectivity index (χ3n) is 3.59. The molecule has 3 N–H and O–H groups in total. The van der Waals surface area contributed by atoms with Crippen molar-refractivity contribution in [3.63, 3.8) is 0 Å². The molecule has 0 amide bonds. The second kappa shape index (κ2) is 6.11. The van der Waals surface area contributed by atoms with Gasteiger partial charge in [-0.2, -0.15) is 0 Å². The predicted molar refractivity (Wildman–Crippen MR) is 71.8 cm³/mol. The number of carbonyl (C=O) groups is 1. The molecule has 2 unspecified atom stereocenters. The third kappa shape index (κ3) is 3.40. The second-order valence-corrected chi connectivity index (χ2v) is 5.02. The highest BCUT2D eigenvalue weighted by atomic mass is 16.5. The lowest BCUT2D eigenvalue weighted by atomic mass is 10.0. The van der Waals surface area contributed by atoms with E-state index in [1.54, 1.807) is 12.1 Å².